The van der Waals surface area contributed by atoms with Gasteiger partial charge in [0.15, 0.2) is 0 Å². The Morgan fingerprint density at radius 3 is 2.52 bits per heavy atom. The van der Waals surface area contributed by atoms with E-state index < -0.39 is 0 Å². The van der Waals surface area contributed by atoms with Gasteiger partial charge in [0.1, 0.15) is 0 Å². The summed E-state index contributed by atoms with van der Waals surface area (Å²) in [6.45, 7) is 0. The van der Waals surface area contributed by atoms with Gasteiger partial charge in [-0.1, -0.05) is 47.6 Å². The summed E-state index contributed by atoms with van der Waals surface area (Å²) in [4.78, 5) is 13.2. The maximum absolute atomic E-state index is 12.0. The Kier molecular flexibility index (Phi) is 5.85. The molecule has 0 fully saturated rings. The quantitative estimate of drug-likeness (QED) is 0.651. The molecule has 3 rings (SSSR count). The van der Waals surface area contributed by atoms with Crippen molar-refractivity contribution in [3.05, 3.63) is 71.6 Å². The van der Waals surface area contributed by atoms with Crippen LogP contribution in [0.4, 0.5) is 6.01 Å². The van der Waals surface area contributed by atoms with E-state index in [-0.39, 0.29) is 11.9 Å². The number of rotatable bonds is 7. The average Bonchev–Trinajstić information content (AvgIpc) is 3.08. The highest BCUT2D eigenvalue weighted by molar-refractivity contribution is 7.98. The molecule has 0 aliphatic rings. The SMILES string of the molecule is CSc1ccc(Cc2nnc(NC(=O)CCc3ccccc3)o2)cc1. The second-order valence-electron chi connectivity index (χ2n) is 5.56. The van der Waals surface area contributed by atoms with Crippen molar-refractivity contribution in [2.75, 3.05) is 11.6 Å². The number of hydrogen-bond acceptors (Lipinski definition) is 5. The monoisotopic (exact) mass is 353 g/mol. The fourth-order valence-corrected chi connectivity index (χ4v) is 2.79. The van der Waals surface area contributed by atoms with Crippen molar-refractivity contribution < 1.29 is 9.21 Å². The van der Waals surface area contributed by atoms with Gasteiger partial charge in [-0.15, -0.1) is 16.9 Å². The number of hydrogen-bond donors (Lipinski definition) is 1. The Morgan fingerprint density at radius 2 is 1.80 bits per heavy atom. The van der Waals surface area contributed by atoms with Gasteiger partial charge in [-0.3, -0.25) is 10.1 Å². The number of aromatic nitrogens is 2. The Bertz CT molecular complexity index is 816. The number of benzene rings is 2. The summed E-state index contributed by atoms with van der Waals surface area (Å²) in [6, 6.07) is 18.2. The molecule has 2 aromatic carbocycles. The molecule has 0 saturated carbocycles. The van der Waals surface area contributed by atoms with E-state index in [9.17, 15) is 4.79 Å². The van der Waals surface area contributed by atoms with Gasteiger partial charge in [-0.25, -0.2) is 0 Å². The molecule has 0 bridgehead atoms. The standard InChI is InChI=1S/C19H19N3O2S/c1-25-16-10-7-15(8-11-16)13-18-21-22-19(24-18)20-17(23)12-9-14-5-3-2-4-6-14/h2-8,10-11H,9,12-13H2,1H3,(H,20,22,23). The molecule has 0 aliphatic carbocycles. The largest absolute Gasteiger partial charge is 0.407 e. The first-order chi connectivity index (χ1) is 12.2. The molecule has 25 heavy (non-hydrogen) atoms. The van der Waals surface area contributed by atoms with Gasteiger partial charge in [-0.05, 0) is 35.9 Å². The number of nitrogens with one attached hydrogen (secondary N) is 1. The summed E-state index contributed by atoms with van der Waals surface area (Å²) in [5.74, 6) is 0.346. The van der Waals surface area contributed by atoms with Gasteiger partial charge in [0.05, 0.1) is 6.42 Å². The number of amides is 1. The predicted octanol–water partition coefficient (Wildman–Crippen LogP) is 3.95. The van der Waals surface area contributed by atoms with Crippen LogP contribution in [0.2, 0.25) is 0 Å². The molecule has 128 valence electrons. The lowest BCUT2D eigenvalue weighted by molar-refractivity contribution is -0.116. The highest BCUT2D eigenvalue weighted by Gasteiger charge is 2.10. The fraction of sp³-hybridized carbons (Fsp3) is 0.211. The number of aryl methyl sites for hydroxylation is 1. The Labute approximate surface area is 150 Å². The fourth-order valence-electron chi connectivity index (χ4n) is 2.38. The van der Waals surface area contributed by atoms with Gasteiger partial charge in [0.2, 0.25) is 11.8 Å². The molecule has 0 radical (unpaired) electrons. The zero-order valence-electron chi connectivity index (χ0n) is 13.9. The molecular formula is C19H19N3O2S. The molecule has 0 atom stereocenters. The van der Waals surface area contributed by atoms with Crippen LogP contribution >= 0.6 is 11.8 Å². The van der Waals surface area contributed by atoms with Crippen molar-refractivity contribution in [2.24, 2.45) is 0 Å². The van der Waals surface area contributed by atoms with Crippen LogP contribution in [0, 0.1) is 0 Å². The molecule has 1 amide bonds. The van der Waals surface area contributed by atoms with Crippen LogP contribution in [0.15, 0.2) is 63.9 Å². The molecule has 0 spiro atoms. The van der Waals surface area contributed by atoms with Gasteiger partial charge < -0.3 is 4.42 Å². The molecule has 1 N–H and O–H groups in total. The maximum Gasteiger partial charge on any atom is 0.322 e. The van der Waals surface area contributed by atoms with E-state index >= 15 is 0 Å². The first-order valence-electron chi connectivity index (χ1n) is 8.02. The summed E-state index contributed by atoms with van der Waals surface area (Å²) < 4.78 is 5.51. The number of thioether (sulfide) groups is 1. The van der Waals surface area contributed by atoms with Crippen molar-refractivity contribution in [1.82, 2.24) is 10.2 Å². The normalized spacial score (nSPS) is 10.6. The predicted molar refractivity (Wildman–Crippen MR) is 98.7 cm³/mol. The van der Waals surface area contributed by atoms with Crippen LogP contribution in [-0.4, -0.2) is 22.4 Å². The van der Waals surface area contributed by atoms with Crippen molar-refractivity contribution >= 4 is 23.7 Å². The Hall–Kier alpha value is -2.60. The first-order valence-corrected chi connectivity index (χ1v) is 9.24. The van der Waals surface area contributed by atoms with Crippen LogP contribution in [0.3, 0.4) is 0 Å². The molecule has 1 heterocycles. The minimum Gasteiger partial charge on any atom is -0.407 e. The van der Waals surface area contributed by atoms with E-state index in [1.54, 1.807) is 11.8 Å². The van der Waals surface area contributed by atoms with Crippen molar-refractivity contribution in [2.45, 2.75) is 24.2 Å². The second kappa shape index (κ2) is 8.48. The second-order valence-corrected chi connectivity index (χ2v) is 6.44. The van der Waals surface area contributed by atoms with Crippen molar-refractivity contribution in [1.29, 1.82) is 0 Å². The summed E-state index contributed by atoms with van der Waals surface area (Å²) in [5.41, 5.74) is 2.21. The van der Waals surface area contributed by atoms with Crippen LogP contribution in [0.25, 0.3) is 0 Å². The third-order valence-electron chi connectivity index (χ3n) is 3.71. The lowest BCUT2D eigenvalue weighted by atomic mass is 10.1. The molecule has 0 saturated heterocycles. The molecular weight excluding hydrogens is 334 g/mol. The number of carbonyl (C=O) groups is 1. The third-order valence-corrected chi connectivity index (χ3v) is 4.45. The molecule has 5 nitrogen and oxygen atoms in total. The summed E-state index contributed by atoms with van der Waals surface area (Å²) >= 11 is 1.70. The highest BCUT2D eigenvalue weighted by atomic mass is 32.2. The van der Waals surface area contributed by atoms with Crippen LogP contribution < -0.4 is 5.32 Å². The zero-order chi connectivity index (χ0) is 17.5. The van der Waals surface area contributed by atoms with E-state index in [4.69, 9.17) is 4.42 Å². The summed E-state index contributed by atoms with van der Waals surface area (Å²) in [7, 11) is 0. The minimum absolute atomic E-state index is 0.136. The lowest BCUT2D eigenvalue weighted by Gasteiger charge is -2.01. The number of anilines is 1. The molecule has 0 aliphatic heterocycles. The molecule has 3 aromatic rings. The summed E-state index contributed by atoms with van der Waals surface area (Å²) in [5, 5.41) is 10.5. The van der Waals surface area contributed by atoms with E-state index in [0.29, 0.717) is 25.2 Å². The molecule has 0 unspecified atom stereocenters. The van der Waals surface area contributed by atoms with E-state index in [2.05, 4.69) is 27.6 Å². The number of carbonyl (C=O) groups excluding carboxylic acids is 1. The molecule has 1 aromatic heterocycles. The van der Waals surface area contributed by atoms with Gasteiger partial charge in [-0.2, -0.15) is 0 Å². The smallest absolute Gasteiger partial charge is 0.322 e. The first kappa shape index (κ1) is 17.2. The maximum atomic E-state index is 12.0. The zero-order valence-corrected chi connectivity index (χ0v) is 14.8. The third kappa shape index (κ3) is 5.19. The van der Waals surface area contributed by atoms with E-state index in [0.717, 1.165) is 11.1 Å². The van der Waals surface area contributed by atoms with Crippen LogP contribution in [-0.2, 0) is 17.6 Å². The highest BCUT2D eigenvalue weighted by Crippen LogP contribution is 2.17. The van der Waals surface area contributed by atoms with Crippen LogP contribution in [0.1, 0.15) is 23.4 Å². The van der Waals surface area contributed by atoms with Crippen molar-refractivity contribution in [3.8, 4) is 0 Å². The van der Waals surface area contributed by atoms with E-state index in [1.165, 1.54) is 4.90 Å². The Balaban J connectivity index is 1.51. The Morgan fingerprint density at radius 1 is 1.04 bits per heavy atom. The summed E-state index contributed by atoms with van der Waals surface area (Å²) in [6.07, 6.45) is 3.63. The lowest BCUT2D eigenvalue weighted by Crippen LogP contribution is -2.12. The average molecular weight is 353 g/mol. The molecule has 6 heteroatoms. The van der Waals surface area contributed by atoms with Crippen LogP contribution in [0.5, 0.6) is 0 Å². The van der Waals surface area contributed by atoms with Crippen molar-refractivity contribution in [3.63, 3.8) is 0 Å². The topological polar surface area (TPSA) is 68.0 Å². The van der Waals surface area contributed by atoms with Gasteiger partial charge in [0, 0.05) is 11.3 Å². The van der Waals surface area contributed by atoms with Gasteiger partial charge in [0.25, 0.3) is 0 Å². The number of nitrogens with zero attached hydrogens (tertiary/aromatic N) is 2. The van der Waals surface area contributed by atoms with Gasteiger partial charge >= 0.3 is 6.01 Å². The van der Waals surface area contributed by atoms with E-state index in [1.807, 2.05) is 48.7 Å². The minimum atomic E-state index is -0.136.